The van der Waals surface area contributed by atoms with Crippen LogP contribution in [-0.2, 0) is 19.1 Å². The van der Waals surface area contributed by atoms with Crippen LogP contribution in [0.25, 0.3) is 0 Å². The smallest absolute Gasteiger partial charge is 0.318 e. The first kappa shape index (κ1) is 14.7. The Labute approximate surface area is 142 Å². The van der Waals surface area contributed by atoms with Gasteiger partial charge in [-0.25, -0.2) is 0 Å². The molecule has 128 valence electrons. The molecule has 2 spiro atoms. The predicted octanol–water partition coefficient (Wildman–Crippen LogP) is 3.17. The number of allylic oxidation sites excluding steroid dienone is 1. The van der Waals surface area contributed by atoms with Gasteiger partial charge in [0, 0.05) is 5.92 Å². The molecule has 0 aromatic carbocycles. The summed E-state index contributed by atoms with van der Waals surface area (Å²) in [6.45, 7) is 8.37. The van der Waals surface area contributed by atoms with Crippen LogP contribution in [0.4, 0.5) is 0 Å². The Morgan fingerprint density at radius 3 is 2.71 bits per heavy atom. The zero-order chi connectivity index (χ0) is 17.0. The van der Waals surface area contributed by atoms with Crippen LogP contribution in [0.3, 0.4) is 0 Å². The summed E-state index contributed by atoms with van der Waals surface area (Å²) in [5.74, 6) is -0.386. The molecule has 24 heavy (non-hydrogen) atoms. The van der Waals surface area contributed by atoms with Crippen LogP contribution < -0.4 is 0 Å². The van der Waals surface area contributed by atoms with Gasteiger partial charge in [-0.15, -0.1) is 0 Å². The maximum absolute atomic E-state index is 13.3. The molecule has 6 heterocycles. The van der Waals surface area contributed by atoms with E-state index in [-0.39, 0.29) is 35.8 Å². The summed E-state index contributed by atoms with van der Waals surface area (Å²) in [5, 5.41) is 0. The number of hydrogen-bond donors (Lipinski definition) is 0. The van der Waals surface area contributed by atoms with Gasteiger partial charge in [0.2, 0.25) is 0 Å². The number of hydrogen-bond acceptors (Lipinski definition) is 4. The molecule has 6 bridgehead atoms. The summed E-state index contributed by atoms with van der Waals surface area (Å²) in [5.41, 5.74) is 1.79. The van der Waals surface area contributed by atoms with Crippen molar-refractivity contribution in [1.29, 1.82) is 0 Å². The van der Waals surface area contributed by atoms with Crippen molar-refractivity contribution < 1.29 is 19.1 Å². The van der Waals surface area contributed by atoms with E-state index in [4.69, 9.17) is 9.47 Å². The first-order valence-corrected chi connectivity index (χ1v) is 9.18. The molecule has 1 saturated carbocycles. The van der Waals surface area contributed by atoms with E-state index < -0.39 is 16.9 Å². The molecule has 4 nitrogen and oxygen atoms in total. The highest BCUT2D eigenvalue weighted by Gasteiger charge is 2.80. The third-order valence-corrected chi connectivity index (χ3v) is 7.85. The van der Waals surface area contributed by atoms with Gasteiger partial charge in [0.25, 0.3) is 0 Å². The van der Waals surface area contributed by atoms with Crippen molar-refractivity contribution in [2.45, 2.75) is 58.7 Å². The predicted molar refractivity (Wildman–Crippen MR) is 86.8 cm³/mol. The Kier molecular flexibility index (Phi) is 2.55. The summed E-state index contributed by atoms with van der Waals surface area (Å²) in [7, 11) is 0. The zero-order valence-corrected chi connectivity index (χ0v) is 14.7. The fraction of sp³-hybridized carbons (Fsp3) is 0.700. The van der Waals surface area contributed by atoms with Crippen molar-refractivity contribution in [2.24, 2.45) is 29.1 Å². The highest BCUT2D eigenvalue weighted by molar-refractivity contribution is 5.95. The standard InChI is InChI=1S/C20H24O4/c1-9-6-5-7-10(2)16-20-12(4)13-8-14(20)11(3)19(13,18(22)24-20)15(9)17(21)23-16/h6,10-11,14-16H,5,7-8H2,1-4H3/b9-6-/t10-,11+,14?,15+,16-,19+,20?/m0/s1. The summed E-state index contributed by atoms with van der Waals surface area (Å²) < 4.78 is 12.3. The van der Waals surface area contributed by atoms with E-state index in [2.05, 4.69) is 26.8 Å². The highest BCUT2D eigenvalue weighted by atomic mass is 16.6. The Morgan fingerprint density at radius 1 is 1.21 bits per heavy atom. The van der Waals surface area contributed by atoms with Gasteiger partial charge in [0.05, 0.1) is 5.92 Å². The molecule has 4 heteroatoms. The van der Waals surface area contributed by atoms with Gasteiger partial charge in [0.15, 0.2) is 5.60 Å². The molecule has 3 saturated heterocycles. The second kappa shape index (κ2) is 4.14. The van der Waals surface area contributed by atoms with Gasteiger partial charge in [0.1, 0.15) is 11.5 Å². The molecule has 0 radical (unpaired) electrons. The van der Waals surface area contributed by atoms with Gasteiger partial charge in [-0.05, 0) is 56.1 Å². The van der Waals surface area contributed by atoms with Crippen LogP contribution in [0.15, 0.2) is 22.8 Å². The maximum atomic E-state index is 13.3. The van der Waals surface area contributed by atoms with Crippen molar-refractivity contribution in [3.05, 3.63) is 22.8 Å². The second-order valence-electron chi connectivity index (χ2n) is 8.55. The number of carbonyl (C=O) groups excluding carboxylic acids is 2. The van der Waals surface area contributed by atoms with E-state index >= 15 is 0 Å². The van der Waals surface area contributed by atoms with Crippen LogP contribution in [-0.4, -0.2) is 23.6 Å². The topological polar surface area (TPSA) is 52.6 Å². The monoisotopic (exact) mass is 328 g/mol. The normalized spacial score (nSPS) is 53.8. The van der Waals surface area contributed by atoms with Crippen LogP contribution in [0.5, 0.6) is 0 Å². The molecule has 0 aromatic heterocycles. The lowest BCUT2D eigenvalue weighted by atomic mass is 9.53. The quantitative estimate of drug-likeness (QED) is 0.506. The van der Waals surface area contributed by atoms with Gasteiger partial charge in [-0.3, -0.25) is 9.59 Å². The number of ether oxygens (including phenoxy) is 2. The maximum Gasteiger partial charge on any atom is 0.318 e. The SMILES string of the molecule is CC1=C2CC3[C@@H](C)[C@@]24C(=O)OC13[C@H]1OC(=O)[C@H]4/C(C)=C\CC[C@@H]1C. The van der Waals surface area contributed by atoms with Gasteiger partial charge >= 0.3 is 11.9 Å². The Hall–Kier alpha value is -1.58. The number of rotatable bonds is 0. The molecular formula is C20H24O4. The average Bonchev–Trinajstić information content (AvgIpc) is 2.94. The molecule has 4 fully saturated rings. The van der Waals surface area contributed by atoms with E-state index in [0.717, 1.165) is 24.8 Å². The summed E-state index contributed by atoms with van der Waals surface area (Å²) in [6, 6.07) is 0. The van der Waals surface area contributed by atoms with Crippen molar-refractivity contribution in [3.8, 4) is 0 Å². The third-order valence-electron chi connectivity index (χ3n) is 7.85. The minimum Gasteiger partial charge on any atom is -0.457 e. The zero-order valence-electron chi connectivity index (χ0n) is 14.7. The minimum atomic E-state index is -0.827. The molecule has 7 atom stereocenters. The molecule has 8 aliphatic rings. The van der Waals surface area contributed by atoms with Crippen molar-refractivity contribution in [2.75, 3.05) is 0 Å². The van der Waals surface area contributed by atoms with E-state index in [1.54, 1.807) is 0 Å². The number of esters is 2. The molecule has 8 rings (SSSR count). The lowest BCUT2D eigenvalue weighted by Gasteiger charge is -2.59. The Morgan fingerprint density at radius 2 is 1.96 bits per heavy atom. The van der Waals surface area contributed by atoms with Gasteiger partial charge in [-0.1, -0.05) is 25.5 Å². The Bertz CT molecular complexity index is 747. The van der Waals surface area contributed by atoms with Crippen molar-refractivity contribution in [3.63, 3.8) is 0 Å². The lowest BCUT2D eigenvalue weighted by molar-refractivity contribution is -0.242. The second-order valence-corrected chi connectivity index (χ2v) is 8.55. The van der Waals surface area contributed by atoms with Gasteiger partial charge in [-0.2, -0.15) is 0 Å². The number of carbonyl (C=O) groups is 2. The van der Waals surface area contributed by atoms with E-state index in [1.807, 2.05) is 6.92 Å². The fourth-order valence-electron chi connectivity index (χ4n) is 6.79. The molecule has 0 aromatic rings. The van der Waals surface area contributed by atoms with Crippen LogP contribution >= 0.6 is 0 Å². The van der Waals surface area contributed by atoms with Crippen LogP contribution in [0, 0.1) is 29.1 Å². The van der Waals surface area contributed by atoms with E-state index in [0.29, 0.717) is 0 Å². The molecule has 0 N–H and O–H groups in total. The van der Waals surface area contributed by atoms with E-state index in [9.17, 15) is 9.59 Å². The fourth-order valence-corrected chi connectivity index (χ4v) is 6.79. The molecule has 2 aliphatic carbocycles. The summed E-state index contributed by atoms with van der Waals surface area (Å²) in [6.07, 6.45) is 4.53. The average molecular weight is 328 g/mol. The summed E-state index contributed by atoms with van der Waals surface area (Å²) >= 11 is 0. The molecular weight excluding hydrogens is 304 g/mol. The highest BCUT2D eigenvalue weighted by Crippen LogP contribution is 2.73. The Balaban J connectivity index is 1.91. The minimum absolute atomic E-state index is 0.131. The van der Waals surface area contributed by atoms with Crippen molar-refractivity contribution >= 4 is 11.9 Å². The lowest BCUT2D eigenvalue weighted by Crippen LogP contribution is -2.70. The molecule has 2 unspecified atom stereocenters. The third kappa shape index (κ3) is 1.22. The van der Waals surface area contributed by atoms with Crippen LogP contribution in [0.2, 0.25) is 0 Å². The first-order valence-electron chi connectivity index (χ1n) is 9.18. The first-order chi connectivity index (χ1) is 11.4. The van der Waals surface area contributed by atoms with Gasteiger partial charge < -0.3 is 9.47 Å². The summed E-state index contributed by atoms with van der Waals surface area (Å²) in [4.78, 5) is 26.4. The largest absolute Gasteiger partial charge is 0.457 e. The van der Waals surface area contributed by atoms with E-state index in [1.165, 1.54) is 11.1 Å². The van der Waals surface area contributed by atoms with Crippen molar-refractivity contribution in [1.82, 2.24) is 0 Å². The van der Waals surface area contributed by atoms with Crippen LogP contribution in [0.1, 0.15) is 47.0 Å². The molecule has 0 amide bonds. The molecule has 6 aliphatic heterocycles.